The van der Waals surface area contributed by atoms with Crippen molar-refractivity contribution in [3.05, 3.63) is 75.7 Å². The van der Waals surface area contributed by atoms with Gasteiger partial charge in [-0.3, -0.25) is 4.79 Å². The van der Waals surface area contributed by atoms with Crippen LogP contribution in [0.3, 0.4) is 0 Å². The summed E-state index contributed by atoms with van der Waals surface area (Å²) in [6.07, 6.45) is 3.78. The number of carbonyl (C=O) groups is 1. The summed E-state index contributed by atoms with van der Waals surface area (Å²) in [7, 11) is 0. The number of amides is 1. The van der Waals surface area contributed by atoms with Crippen LogP contribution in [-0.4, -0.2) is 17.4 Å². The molecule has 3 rings (SSSR count). The van der Waals surface area contributed by atoms with Crippen molar-refractivity contribution in [1.82, 2.24) is 10.3 Å². The van der Waals surface area contributed by atoms with Crippen molar-refractivity contribution in [1.29, 1.82) is 0 Å². The number of aryl methyl sites for hydroxylation is 2. The molecule has 0 bridgehead atoms. The molecule has 1 amide bonds. The van der Waals surface area contributed by atoms with E-state index in [0.717, 1.165) is 27.8 Å². The van der Waals surface area contributed by atoms with Crippen molar-refractivity contribution < 1.29 is 9.18 Å². The van der Waals surface area contributed by atoms with Gasteiger partial charge in [-0.1, -0.05) is 35.9 Å². The molecule has 134 valence electrons. The van der Waals surface area contributed by atoms with Crippen LogP contribution in [0.15, 0.2) is 42.5 Å². The molecule has 0 fully saturated rings. The van der Waals surface area contributed by atoms with Gasteiger partial charge in [-0.2, -0.15) is 0 Å². The quantitative estimate of drug-likeness (QED) is 0.613. The number of aromatic nitrogens is 1. The lowest BCUT2D eigenvalue weighted by Crippen LogP contribution is -2.23. The summed E-state index contributed by atoms with van der Waals surface area (Å²) < 4.78 is 14.0. The first-order valence-corrected chi connectivity index (χ1v) is 8.82. The van der Waals surface area contributed by atoms with Crippen LogP contribution < -0.4 is 5.32 Å². The molecule has 0 saturated heterocycles. The molecular weight excluding hydrogens is 351 g/mol. The van der Waals surface area contributed by atoms with Crippen LogP contribution in [-0.2, 0) is 11.2 Å². The van der Waals surface area contributed by atoms with Crippen molar-refractivity contribution in [3.8, 4) is 0 Å². The lowest BCUT2D eigenvalue weighted by atomic mass is 10.0. The number of H-pyrrole nitrogens is 1. The number of hydrogen-bond acceptors (Lipinski definition) is 1. The molecule has 0 aliphatic heterocycles. The predicted octanol–water partition coefficient (Wildman–Crippen LogP) is 4.95. The normalized spacial score (nSPS) is 11.4. The molecule has 0 atom stereocenters. The lowest BCUT2D eigenvalue weighted by molar-refractivity contribution is -0.116. The molecule has 3 aromatic rings. The summed E-state index contributed by atoms with van der Waals surface area (Å²) >= 11 is 6.06. The topological polar surface area (TPSA) is 44.9 Å². The molecule has 1 aromatic heterocycles. The molecule has 5 heteroatoms. The largest absolute Gasteiger partial charge is 0.356 e. The van der Waals surface area contributed by atoms with E-state index >= 15 is 0 Å². The van der Waals surface area contributed by atoms with Crippen molar-refractivity contribution in [2.75, 3.05) is 6.54 Å². The van der Waals surface area contributed by atoms with Crippen molar-refractivity contribution in [2.45, 2.75) is 20.3 Å². The van der Waals surface area contributed by atoms with E-state index in [-0.39, 0.29) is 11.7 Å². The highest BCUT2D eigenvalue weighted by molar-refractivity contribution is 6.32. The molecule has 0 aliphatic rings. The summed E-state index contributed by atoms with van der Waals surface area (Å²) in [4.78, 5) is 15.1. The maximum atomic E-state index is 14.0. The Bertz CT molecular complexity index is 991. The van der Waals surface area contributed by atoms with Crippen molar-refractivity contribution in [2.24, 2.45) is 0 Å². The third-order valence-corrected chi connectivity index (χ3v) is 4.77. The van der Waals surface area contributed by atoms with E-state index in [1.54, 1.807) is 18.2 Å². The molecule has 1 heterocycles. The Morgan fingerprint density at radius 1 is 1.23 bits per heavy atom. The Morgan fingerprint density at radius 2 is 2.00 bits per heavy atom. The highest BCUT2D eigenvalue weighted by Gasteiger charge is 2.13. The van der Waals surface area contributed by atoms with Gasteiger partial charge in [-0.25, -0.2) is 4.39 Å². The van der Waals surface area contributed by atoms with Gasteiger partial charge in [0.15, 0.2) is 0 Å². The minimum absolute atomic E-state index is 0.190. The highest BCUT2D eigenvalue weighted by Crippen LogP contribution is 2.27. The van der Waals surface area contributed by atoms with Gasteiger partial charge in [0.1, 0.15) is 5.82 Å². The number of nitrogens with one attached hydrogen (secondary N) is 2. The molecule has 0 spiro atoms. The highest BCUT2D eigenvalue weighted by atomic mass is 35.5. The predicted molar refractivity (Wildman–Crippen MR) is 105 cm³/mol. The first-order chi connectivity index (χ1) is 12.5. The standard InChI is InChI=1S/C21H20ClFN2O/c1-13-7-9-18(23)21-20(13)16(14(2)25-21)11-12-24-19(26)10-8-15-5-3-4-6-17(15)22/h3-10,25H,11-12H2,1-2H3,(H,24,26). The Morgan fingerprint density at radius 3 is 2.77 bits per heavy atom. The average Bonchev–Trinajstić information content (AvgIpc) is 2.95. The lowest BCUT2D eigenvalue weighted by Gasteiger charge is -2.05. The molecule has 26 heavy (non-hydrogen) atoms. The minimum Gasteiger partial charge on any atom is -0.356 e. The Hall–Kier alpha value is -2.59. The number of halogens is 2. The van der Waals surface area contributed by atoms with Crippen LogP contribution in [0.25, 0.3) is 17.0 Å². The van der Waals surface area contributed by atoms with Gasteiger partial charge in [0, 0.05) is 28.7 Å². The third kappa shape index (κ3) is 3.81. The molecule has 0 aliphatic carbocycles. The molecule has 3 nitrogen and oxygen atoms in total. The second kappa shape index (κ2) is 7.75. The van der Waals surface area contributed by atoms with E-state index in [1.165, 1.54) is 12.1 Å². The van der Waals surface area contributed by atoms with Gasteiger partial charge in [0.25, 0.3) is 0 Å². The Labute approximate surface area is 156 Å². The van der Waals surface area contributed by atoms with Crippen molar-refractivity contribution in [3.63, 3.8) is 0 Å². The van der Waals surface area contributed by atoms with E-state index in [9.17, 15) is 9.18 Å². The molecule has 0 radical (unpaired) electrons. The number of fused-ring (bicyclic) bond motifs is 1. The van der Waals surface area contributed by atoms with Gasteiger partial charge in [-0.05, 0) is 55.2 Å². The van der Waals surface area contributed by atoms with E-state index in [4.69, 9.17) is 11.6 Å². The molecule has 0 unspecified atom stereocenters. The molecule has 2 aromatic carbocycles. The summed E-state index contributed by atoms with van der Waals surface area (Å²) in [5, 5.41) is 4.37. The van der Waals surface area contributed by atoms with Gasteiger partial charge in [-0.15, -0.1) is 0 Å². The fourth-order valence-electron chi connectivity index (χ4n) is 3.10. The van der Waals surface area contributed by atoms with Crippen LogP contribution in [0.2, 0.25) is 5.02 Å². The van der Waals surface area contributed by atoms with Crippen LogP contribution in [0.5, 0.6) is 0 Å². The van der Waals surface area contributed by atoms with E-state index in [2.05, 4.69) is 10.3 Å². The van der Waals surface area contributed by atoms with E-state index in [0.29, 0.717) is 23.5 Å². The van der Waals surface area contributed by atoms with Crippen molar-refractivity contribution >= 4 is 34.5 Å². The number of rotatable bonds is 5. The molecular formula is C21H20ClFN2O. The number of hydrogen-bond donors (Lipinski definition) is 2. The zero-order chi connectivity index (χ0) is 18.7. The number of benzene rings is 2. The van der Waals surface area contributed by atoms with Gasteiger partial charge in [0.2, 0.25) is 5.91 Å². The maximum Gasteiger partial charge on any atom is 0.244 e. The van der Waals surface area contributed by atoms with E-state index in [1.807, 2.05) is 32.0 Å². The zero-order valence-electron chi connectivity index (χ0n) is 14.7. The summed E-state index contributed by atoms with van der Waals surface area (Å²) in [6.45, 7) is 4.35. The maximum absolute atomic E-state index is 14.0. The van der Waals surface area contributed by atoms with Crippen LogP contribution in [0, 0.1) is 19.7 Å². The molecule has 2 N–H and O–H groups in total. The first kappa shape index (κ1) is 18.2. The van der Waals surface area contributed by atoms with Gasteiger partial charge < -0.3 is 10.3 Å². The molecule has 0 saturated carbocycles. The SMILES string of the molecule is Cc1[nH]c2c(F)ccc(C)c2c1CCNC(=O)C=Cc1ccccc1Cl. The number of aromatic amines is 1. The average molecular weight is 371 g/mol. The smallest absolute Gasteiger partial charge is 0.244 e. The first-order valence-electron chi connectivity index (χ1n) is 8.44. The summed E-state index contributed by atoms with van der Waals surface area (Å²) in [5.41, 5.74) is 4.30. The fourth-order valence-corrected chi connectivity index (χ4v) is 3.30. The fraction of sp³-hybridized carbons (Fsp3) is 0.190. The second-order valence-electron chi connectivity index (χ2n) is 6.24. The monoisotopic (exact) mass is 370 g/mol. The minimum atomic E-state index is -0.258. The van der Waals surface area contributed by atoms with Gasteiger partial charge in [0.05, 0.1) is 5.52 Å². The Kier molecular flexibility index (Phi) is 5.43. The Balaban J connectivity index is 1.66. The van der Waals surface area contributed by atoms with Crippen LogP contribution in [0.1, 0.15) is 22.4 Å². The summed E-state index contributed by atoms with van der Waals surface area (Å²) in [5.74, 6) is -0.447. The van der Waals surface area contributed by atoms with Gasteiger partial charge >= 0.3 is 0 Å². The zero-order valence-corrected chi connectivity index (χ0v) is 15.5. The number of carbonyl (C=O) groups excluding carboxylic acids is 1. The third-order valence-electron chi connectivity index (χ3n) is 4.42. The second-order valence-corrected chi connectivity index (χ2v) is 6.65. The summed E-state index contributed by atoms with van der Waals surface area (Å²) in [6, 6.07) is 10.6. The van der Waals surface area contributed by atoms with Crippen LogP contribution >= 0.6 is 11.6 Å². The van der Waals surface area contributed by atoms with E-state index < -0.39 is 0 Å². The van der Waals surface area contributed by atoms with Crippen LogP contribution in [0.4, 0.5) is 4.39 Å².